The van der Waals surface area contributed by atoms with E-state index in [0.29, 0.717) is 0 Å². The summed E-state index contributed by atoms with van der Waals surface area (Å²) in [5, 5.41) is 7.44. The van der Waals surface area contributed by atoms with Crippen LogP contribution in [-0.4, -0.2) is 48.3 Å². The number of hydrogen-bond donors (Lipinski definition) is 1. The second-order valence-corrected chi connectivity index (χ2v) is 6.91. The van der Waals surface area contributed by atoms with Gasteiger partial charge in [0.25, 0.3) is 0 Å². The smallest absolute Gasteiger partial charge is 0.193 e. The van der Waals surface area contributed by atoms with Gasteiger partial charge in [0.2, 0.25) is 0 Å². The lowest BCUT2D eigenvalue weighted by molar-refractivity contribution is 0.129. The molecule has 0 spiro atoms. The van der Waals surface area contributed by atoms with Crippen molar-refractivity contribution in [3.8, 4) is 5.75 Å². The van der Waals surface area contributed by atoms with Crippen LogP contribution >= 0.6 is 24.0 Å². The second kappa shape index (κ2) is 11.3. The molecule has 1 aromatic carbocycles. The molecule has 0 saturated carbocycles. The lowest BCUT2D eigenvalue weighted by Gasteiger charge is -2.34. The molecule has 0 unspecified atom stereocenters. The van der Waals surface area contributed by atoms with E-state index >= 15 is 0 Å². The molecule has 6 nitrogen and oxygen atoms in total. The molecule has 0 bridgehead atoms. The number of nitrogens with one attached hydrogen (secondary N) is 1. The summed E-state index contributed by atoms with van der Waals surface area (Å²) < 4.78 is 11.3. The normalized spacial score (nSPS) is 15.2. The molecule has 1 saturated heterocycles. The van der Waals surface area contributed by atoms with Gasteiger partial charge >= 0.3 is 0 Å². The van der Waals surface area contributed by atoms with Gasteiger partial charge in [-0.25, -0.2) is 0 Å². The summed E-state index contributed by atoms with van der Waals surface area (Å²) >= 11 is 0. The zero-order valence-electron chi connectivity index (χ0n) is 17.0. The van der Waals surface area contributed by atoms with Crippen LogP contribution in [-0.2, 0) is 6.42 Å². The molecule has 0 radical (unpaired) electrons. The van der Waals surface area contributed by atoms with Gasteiger partial charge in [-0.05, 0) is 39.3 Å². The topological polar surface area (TPSA) is 62.9 Å². The molecule has 1 N–H and O–H groups in total. The molecule has 28 heavy (non-hydrogen) atoms. The number of benzene rings is 1. The van der Waals surface area contributed by atoms with E-state index in [1.54, 1.807) is 0 Å². The van der Waals surface area contributed by atoms with Crippen molar-refractivity contribution in [1.82, 2.24) is 15.4 Å². The molecule has 1 fully saturated rings. The number of likely N-dealkylation sites (tertiary alicyclic amines) is 1. The number of guanidine groups is 1. The summed E-state index contributed by atoms with van der Waals surface area (Å²) in [7, 11) is 0. The van der Waals surface area contributed by atoms with E-state index < -0.39 is 0 Å². The highest BCUT2D eigenvalue weighted by Gasteiger charge is 2.22. The average Bonchev–Trinajstić information content (AvgIpc) is 3.01. The lowest BCUT2D eigenvalue weighted by Crippen LogP contribution is -2.47. The highest BCUT2D eigenvalue weighted by atomic mass is 127. The summed E-state index contributed by atoms with van der Waals surface area (Å²) in [4.78, 5) is 7.16. The number of halogens is 1. The van der Waals surface area contributed by atoms with Gasteiger partial charge in [-0.15, -0.1) is 24.0 Å². The Labute approximate surface area is 184 Å². The third-order valence-electron chi connectivity index (χ3n) is 4.93. The van der Waals surface area contributed by atoms with Crippen LogP contribution < -0.4 is 10.1 Å². The third kappa shape index (κ3) is 6.12. The van der Waals surface area contributed by atoms with E-state index in [1.165, 1.54) is 5.56 Å². The predicted octanol–water partition coefficient (Wildman–Crippen LogP) is 3.96. The first kappa shape index (κ1) is 22.5. The number of rotatable bonds is 6. The molecule has 7 heteroatoms. The van der Waals surface area contributed by atoms with Crippen molar-refractivity contribution in [1.29, 1.82) is 0 Å². The Balaban J connectivity index is 0.00000280. The number of para-hydroxylation sites is 1. The Morgan fingerprint density at radius 3 is 2.57 bits per heavy atom. The molecular formula is C21H31IN4O2. The Kier molecular flexibility index (Phi) is 9.08. The minimum atomic E-state index is 0. The first-order valence-electron chi connectivity index (χ1n) is 9.84. The van der Waals surface area contributed by atoms with E-state index in [-0.39, 0.29) is 30.1 Å². The number of piperidine rings is 1. The number of aromatic nitrogens is 1. The van der Waals surface area contributed by atoms with Crippen LogP contribution in [0.5, 0.6) is 5.75 Å². The predicted molar refractivity (Wildman–Crippen MR) is 123 cm³/mol. The summed E-state index contributed by atoms with van der Waals surface area (Å²) in [5.41, 5.74) is 2.14. The monoisotopic (exact) mass is 498 g/mol. The summed E-state index contributed by atoms with van der Waals surface area (Å²) in [6.45, 7) is 9.55. The Bertz CT molecular complexity index is 721. The maximum absolute atomic E-state index is 6.10. The third-order valence-corrected chi connectivity index (χ3v) is 4.93. The zero-order valence-corrected chi connectivity index (χ0v) is 19.3. The van der Waals surface area contributed by atoms with Crippen molar-refractivity contribution in [3.63, 3.8) is 0 Å². The van der Waals surface area contributed by atoms with E-state index in [9.17, 15) is 0 Å². The average molecular weight is 498 g/mol. The van der Waals surface area contributed by atoms with Crippen LogP contribution in [0.1, 0.15) is 36.8 Å². The van der Waals surface area contributed by atoms with Gasteiger partial charge < -0.3 is 19.5 Å². The van der Waals surface area contributed by atoms with Gasteiger partial charge in [-0.1, -0.05) is 23.4 Å². The Morgan fingerprint density at radius 2 is 1.96 bits per heavy atom. The van der Waals surface area contributed by atoms with E-state index in [1.807, 2.05) is 44.2 Å². The van der Waals surface area contributed by atoms with Crippen molar-refractivity contribution in [3.05, 3.63) is 47.3 Å². The van der Waals surface area contributed by atoms with Crippen LogP contribution in [0.2, 0.25) is 0 Å². The van der Waals surface area contributed by atoms with Crippen LogP contribution in [0.4, 0.5) is 0 Å². The standard InChI is InChI=1S/C21H30N4O2.HI/c1-4-22-21(23-13-10-20-16(2)24-27-17(20)3)25-14-11-19(12-15-25)26-18-8-6-5-7-9-18;/h5-9,19H,4,10-15H2,1-3H3,(H,22,23);1H. The van der Waals surface area contributed by atoms with Gasteiger partial charge in [0.15, 0.2) is 5.96 Å². The van der Waals surface area contributed by atoms with Crippen molar-refractivity contribution in [2.75, 3.05) is 26.2 Å². The maximum atomic E-state index is 6.10. The van der Waals surface area contributed by atoms with Crippen LogP contribution in [0.25, 0.3) is 0 Å². The number of hydrogen-bond acceptors (Lipinski definition) is 4. The molecule has 2 aromatic rings. The molecule has 154 valence electrons. The molecule has 1 aliphatic heterocycles. The Hall–Kier alpha value is -1.77. The van der Waals surface area contributed by atoms with E-state index in [0.717, 1.165) is 68.6 Å². The minimum Gasteiger partial charge on any atom is -0.490 e. The van der Waals surface area contributed by atoms with Crippen LogP contribution in [0.3, 0.4) is 0 Å². The highest BCUT2D eigenvalue weighted by molar-refractivity contribution is 14.0. The first-order valence-corrected chi connectivity index (χ1v) is 9.84. The minimum absolute atomic E-state index is 0. The van der Waals surface area contributed by atoms with Crippen LogP contribution in [0.15, 0.2) is 39.8 Å². The van der Waals surface area contributed by atoms with Crippen molar-refractivity contribution >= 4 is 29.9 Å². The fourth-order valence-corrected chi connectivity index (χ4v) is 3.44. The number of aryl methyl sites for hydroxylation is 2. The summed E-state index contributed by atoms with van der Waals surface area (Å²) in [6, 6.07) is 10.1. The quantitative estimate of drug-likeness (QED) is 0.371. The van der Waals surface area contributed by atoms with E-state index in [2.05, 4.69) is 22.3 Å². The first-order chi connectivity index (χ1) is 13.2. The lowest BCUT2D eigenvalue weighted by atomic mass is 10.1. The number of aliphatic imine (C=N–C) groups is 1. The molecule has 3 rings (SSSR count). The largest absolute Gasteiger partial charge is 0.490 e. The summed E-state index contributed by atoms with van der Waals surface area (Å²) in [6.07, 6.45) is 3.13. The molecule has 0 aliphatic carbocycles. The molecule has 0 amide bonds. The SMILES string of the molecule is CCNC(=NCCc1c(C)noc1C)N1CCC(Oc2ccccc2)CC1.I. The van der Waals surface area contributed by atoms with Crippen molar-refractivity contribution in [2.24, 2.45) is 4.99 Å². The van der Waals surface area contributed by atoms with Crippen LogP contribution in [0, 0.1) is 13.8 Å². The zero-order chi connectivity index (χ0) is 19.1. The molecule has 2 heterocycles. The molecule has 0 atom stereocenters. The summed E-state index contributed by atoms with van der Waals surface area (Å²) in [5.74, 6) is 2.84. The molecular weight excluding hydrogens is 467 g/mol. The second-order valence-electron chi connectivity index (χ2n) is 6.91. The van der Waals surface area contributed by atoms with Gasteiger partial charge in [-0.3, -0.25) is 4.99 Å². The van der Waals surface area contributed by atoms with E-state index in [4.69, 9.17) is 14.3 Å². The van der Waals surface area contributed by atoms with Gasteiger partial charge in [0.05, 0.1) is 5.69 Å². The van der Waals surface area contributed by atoms with Gasteiger partial charge in [-0.2, -0.15) is 0 Å². The van der Waals surface area contributed by atoms with Gasteiger partial charge in [0.1, 0.15) is 17.6 Å². The van der Waals surface area contributed by atoms with Crippen molar-refractivity contribution in [2.45, 2.75) is 46.1 Å². The number of ether oxygens (including phenoxy) is 1. The Morgan fingerprint density at radius 1 is 1.25 bits per heavy atom. The number of nitrogens with zero attached hydrogens (tertiary/aromatic N) is 3. The molecule has 1 aromatic heterocycles. The fraction of sp³-hybridized carbons (Fsp3) is 0.524. The maximum Gasteiger partial charge on any atom is 0.193 e. The molecule has 1 aliphatic rings. The fourth-order valence-electron chi connectivity index (χ4n) is 3.44. The highest BCUT2D eigenvalue weighted by Crippen LogP contribution is 2.19. The van der Waals surface area contributed by atoms with Crippen molar-refractivity contribution < 1.29 is 9.26 Å². The van der Waals surface area contributed by atoms with Gasteiger partial charge in [0, 0.05) is 44.6 Å².